The van der Waals surface area contributed by atoms with E-state index < -0.39 is 0 Å². The predicted octanol–water partition coefficient (Wildman–Crippen LogP) is 5.77. The number of anilines is 1. The van der Waals surface area contributed by atoms with E-state index in [1.165, 1.54) is 0 Å². The summed E-state index contributed by atoms with van der Waals surface area (Å²) < 4.78 is 5.22. The topological polar surface area (TPSA) is 41.6 Å². The number of hydrogen-bond acceptors (Lipinski definition) is 3. The SMILES string of the molecule is COc1ccc(N[C@H]2c3ccccc3C(=O)N2Cc2ccccc2Cl)cc1Cl. The first-order valence-corrected chi connectivity index (χ1v) is 9.57. The van der Waals surface area contributed by atoms with Crippen molar-refractivity contribution in [2.24, 2.45) is 0 Å². The molecule has 0 unspecified atom stereocenters. The minimum atomic E-state index is -0.329. The Hall–Kier alpha value is -2.69. The van der Waals surface area contributed by atoms with Gasteiger partial charge in [0.1, 0.15) is 11.9 Å². The molecular weight excluding hydrogens is 395 g/mol. The molecule has 0 saturated heterocycles. The van der Waals surface area contributed by atoms with Crippen LogP contribution in [-0.4, -0.2) is 17.9 Å². The van der Waals surface area contributed by atoms with Crippen molar-refractivity contribution in [1.29, 1.82) is 0 Å². The molecule has 0 bridgehead atoms. The second kappa shape index (κ2) is 7.74. The number of halogens is 2. The Morgan fingerprint density at radius 1 is 1.00 bits per heavy atom. The van der Waals surface area contributed by atoms with Crippen LogP contribution in [0, 0.1) is 0 Å². The number of rotatable bonds is 5. The van der Waals surface area contributed by atoms with Crippen LogP contribution in [0.4, 0.5) is 5.69 Å². The lowest BCUT2D eigenvalue weighted by Gasteiger charge is -2.27. The Morgan fingerprint density at radius 3 is 2.50 bits per heavy atom. The Labute approximate surface area is 173 Å². The van der Waals surface area contributed by atoms with E-state index in [9.17, 15) is 4.79 Å². The number of ether oxygens (including phenoxy) is 1. The van der Waals surface area contributed by atoms with E-state index in [2.05, 4.69) is 5.32 Å². The van der Waals surface area contributed by atoms with Gasteiger partial charge in [0.05, 0.1) is 12.1 Å². The van der Waals surface area contributed by atoms with Crippen molar-refractivity contribution in [2.45, 2.75) is 12.7 Å². The molecule has 142 valence electrons. The lowest BCUT2D eigenvalue weighted by atomic mass is 10.1. The van der Waals surface area contributed by atoms with Gasteiger partial charge in [-0.1, -0.05) is 59.6 Å². The predicted molar refractivity (Wildman–Crippen MR) is 112 cm³/mol. The maximum Gasteiger partial charge on any atom is 0.256 e. The van der Waals surface area contributed by atoms with E-state index in [-0.39, 0.29) is 12.1 Å². The maximum atomic E-state index is 13.1. The lowest BCUT2D eigenvalue weighted by molar-refractivity contribution is 0.0729. The molecular formula is C22H18Cl2N2O2. The smallest absolute Gasteiger partial charge is 0.256 e. The molecule has 1 N–H and O–H groups in total. The van der Waals surface area contributed by atoms with Gasteiger partial charge in [-0.15, -0.1) is 0 Å². The number of hydrogen-bond donors (Lipinski definition) is 1. The highest BCUT2D eigenvalue weighted by molar-refractivity contribution is 6.32. The third-order valence-electron chi connectivity index (χ3n) is 4.81. The quantitative estimate of drug-likeness (QED) is 0.578. The lowest BCUT2D eigenvalue weighted by Crippen LogP contribution is -2.32. The summed E-state index contributed by atoms with van der Waals surface area (Å²) in [4.78, 5) is 14.9. The maximum absolute atomic E-state index is 13.1. The molecule has 1 aliphatic heterocycles. The van der Waals surface area contributed by atoms with Crippen molar-refractivity contribution >= 4 is 34.8 Å². The summed E-state index contributed by atoms with van der Waals surface area (Å²) in [5, 5.41) is 4.57. The fourth-order valence-corrected chi connectivity index (χ4v) is 3.87. The molecule has 3 aromatic carbocycles. The largest absolute Gasteiger partial charge is 0.495 e. The van der Waals surface area contributed by atoms with Gasteiger partial charge in [-0.3, -0.25) is 4.79 Å². The number of amides is 1. The first-order valence-electron chi connectivity index (χ1n) is 8.82. The average Bonchev–Trinajstić information content (AvgIpc) is 2.96. The van der Waals surface area contributed by atoms with E-state index in [1.54, 1.807) is 24.1 Å². The summed E-state index contributed by atoms with van der Waals surface area (Å²) in [6.07, 6.45) is -0.329. The fraction of sp³-hybridized carbons (Fsp3) is 0.136. The average molecular weight is 413 g/mol. The van der Waals surface area contributed by atoms with Gasteiger partial charge in [-0.05, 0) is 35.9 Å². The van der Waals surface area contributed by atoms with Crippen LogP contribution < -0.4 is 10.1 Å². The zero-order valence-corrected chi connectivity index (χ0v) is 16.7. The highest BCUT2D eigenvalue weighted by atomic mass is 35.5. The number of carbonyl (C=O) groups is 1. The summed E-state index contributed by atoms with van der Waals surface area (Å²) in [5.41, 5.74) is 3.30. The normalized spacial score (nSPS) is 15.5. The van der Waals surface area contributed by atoms with E-state index in [0.29, 0.717) is 27.9 Å². The fourth-order valence-electron chi connectivity index (χ4n) is 3.41. The van der Waals surface area contributed by atoms with Crippen molar-refractivity contribution in [3.63, 3.8) is 0 Å². The monoisotopic (exact) mass is 412 g/mol. The Bertz CT molecular complexity index is 1040. The van der Waals surface area contributed by atoms with Crippen LogP contribution in [0.15, 0.2) is 66.7 Å². The number of nitrogens with one attached hydrogen (secondary N) is 1. The zero-order valence-electron chi connectivity index (χ0n) is 15.2. The highest BCUT2D eigenvalue weighted by Crippen LogP contribution is 2.37. The summed E-state index contributed by atoms with van der Waals surface area (Å²) in [6.45, 7) is 0.398. The van der Waals surface area contributed by atoms with Crippen molar-refractivity contribution in [2.75, 3.05) is 12.4 Å². The molecule has 0 saturated carbocycles. The standard InChI is InChI=1S/C22H18Cl2N2O2/c1-28-20-11-10-15(12-19(20)24)25-21-16-7-3-4-8-17(16)22(27)26(21)13-14-6-2-5-9-18(14)23/h2-12,21,25H,13H2,1H3/t21-/m1/s1. The van der Waals surface area contributed by atoms with Crippen LogP contribution in [0.3, 0.4) is 0 Å². The van der Waals surface area contributed by atoms with E-state index in [4.69, 9.17) is 27.9 Å². The number of fused-ring (bicyclic) bond motifs is 1. The van der Waals surface area contributed by atoms with Crippen molar-refractivity contribution < 1.29 is 9.53 Å². The first kappa shape index (κ1) is 18.7. The molecule has 1 atom stereocenters. The Morgan fingerprint density at radius 2 is 1.75 bits per heavy atom. The van der Waals surface area contributed by atoms with Crippen LogP contribution in [0.5, 0.6) is 5.75 Å². The second-order valence-electron chi connectivity index (χ2n) is 6.51. The number of methoxy groups -OCH3 is 1. The molecule has 1 amide bonds. The van der Waals surface area contributed by atoms with Gasteiger partial charge in [-0.2, -0.15) is 0 Å². The molecule has 3 aromatic rings. The molecule has 0 fully saturated rings. The molecule has 1 heterocycles. The van der Waals surface area contributed by atoms with Gasteiger partial charge in [0.15, 0.2) is 0 Å². The Kier molecular flexibility index (Phi) is 5.16. The second-order valence-corrected chi connectivity index (χ2v) is 7.32. The molecule has 0 spiro atoms. The van der Waals surface area contributed by atoms with Crippen LogP contribution in [-0.2, 0) is 6.54 Å². The summed E-state index contributed by atoms with van der Waals surface area (Å²) in [7, 11) is 1.57. The van der Waals surface area contributed by atoms with Crippen LogP contribution in [0.25, 0.3) is 0 Å². The molecule has 4 rings (SSSR count). The van der Waals surface area contributed by atoms with Crippen LogP contribution in [0.1, 0.15) is 27.7 Å². The van der Waals surface area contributed by atoms with E-state index in [0.717, 1.165) is 16.8 Å². The number of carbonyl (C=O) groups excluding carboxylic acids is 1. The van der Waals surface area contributed by atoms with Crippen molar-refractivity contribution in [1.82, 2.24) is 4.90 Å². The third-order valence-corrected chi connectivity index (χ3v) is 5.48. The summed E-state index contributed by atoms with van der Waals surface area (Å²) >= 11 is 12.6. The zero-order chi connectivity index (χ0) is 19.7. The van der Waals surface area contributed by atoms with E-state index >= 15 is 0 Å². The van der Waals surface area contributed by atoms with Crippen molar-refractivity contribution in [3.05, 3.63) is 93.5 Å². The molecule has 28 heavy (non-hydrogen) atoms. The van der Waals surface area contributed by atoms with Gasteiger partial charge in [0.25, 0.3) is 5.91 Å². The van der Waals surface area contributed by atoms with Gasteiger partial charge in [0, 0.05) is 28.4 Å². The molecule has 1 aliphatic rings. The summed E-state index contributed by atoms with van der Waals surface area (Å²) in [5.74, 6) is 0.565. The highest BCUT2D eigenvalue weighted by Gasteiger charge is 2.36. The number of nitrogens with zero attached hydrogens (tertiary/aromatic N) is 1. The minimum Gasteiger partial charge on any atom is -0.495 e. The molecule has 6 heteroatoms. The number of benzene rings is 3. The van der Waals surface area contributed by atoms with Crippen molar-refractivity contribution in [3.8, 4) is 5.75 Å². The van der Waals surface area contributed by atoms with Gasteiger partial charge in [-0.25, -0.2) is 0 Å². The molecule has 0 radical (unpaired) electrons. The van der Waals surface area contributed by atoms with Gasteiger partial charge < -0.3 is 15.0 Å². The Balaban J connectivity index is 1.69. The molecule has 0 aliphatic carbocycles. The molecule has 4 nitrogen and oxygen atoms in total. The van der Waals surface area contributed by atoms with Gasteiger partial charge >= 0.3 is 0 Å². The first-order chi connectivity index (χ1) is 13.6. The van der Waals surface area contributed by atoms with Crippen LogP contribution in [0.2, 0.25) is 10.0 Å². The minimum absolute atomic E-state index is 0.0346. The van der Waals surface area contributed by atoms with Crippen LogP contribution >= 0.6 is 23.2 Å². The van der Waals surface area contributed by atoms with E-state index in [1.807, 2.05) is 54.6 Å². The van der Waals surface area contributed by atoms with Gasteiger partial charge in [0.2, 0.25) is 0 Å². The summed E-state index contributed by atoms with van der Waals surface area (Å²) in [6, 6.07) is 20.6. The third kappa shape index (κ3) is 3.41. The molecule has 0 aromatic heterocycles.